The van der Waals surface area contributed by atoms with Crippen LogP contribution in [0, 0.1) is 0 Å². The van der Waals surface area contributed by atoms with Gasteiger partial charge in [0.15, 0.2) is 0 Å². The molecule has 4 heteroatoms. The molecule has 0 heterocycles. The number of ether oxygens (including phenoxy) is 1. The van der Waals surface area contributed by atoms with E-state index in [2.05, 4.69) is 56.1 Å². The van der Waals surface area contributed by atoms with Gasteiger partial charge in [0.05, 0.1) is 12.6 Å². The standard InChI is InChI=1S/C16H17Br2NO/c1-20-9-8-11-2-4-12(5-3-11)16(19)14-10-13(17)6-7-15(14)18/h2-7,10,16H,8-9,19H2,1H3. The Hall–Kier alpha value is -0.680. The van der Waals surface area contributed by atoms with Crippen LogP contribution < -0.4 is 5.73 Å². The zero-order valence-corrected chi connectivity index (χ0v) is 14.4. The number of methoxy groups -OCH3 is 1. The Morgan fingerprint density at radius 2 is 1.80 bits per heavy atom. The highest BCUT2D eigenvalue weighted by molar-refractivity contribution is 9.11. The summed E-state index contributed by atoms with van der Waals surface area (Å²) in [5, 5.41) is 0. The van der Waals surface area contributed by atoms with E-state index in [1.54, 1.807) is 7.11 Å². The average Bonchev–Trinajstić information content (AvgIpc) is 2.47. The van der Waals surface area contributed by atoms with Crippen LogP contribution >= 0.6 is 31.9 Å². The summed E-state index contributed by atoms with van der Waals surface area (Å²) >= 11 is 7.05. The van der Waals surface area contributed by atoms with Crippen LogP contribution in [-0.2, 0) is 11.2 Å². The van der Waals surface area contributed by atoms with Gasteiger partial charge < -0.3 is 10.5 Å². The van der Waals surface area contributed by atoms with Gasteiger partial charge in [0, 0.05) is 16.1 Å². The van der Waals surface area contributed by atoms with Crippen molar-refractivity contribution >= 4 is 31.9 Å². The van der Waals surface area contributed by atoms with Crippen molar-refractivity contribution in [1.82, 2.24) is 0 Å². The second-order valence-electron chi connectivity index (χ2n) is 4.63. The molecule has 0 bridgehead atoms. The molecule has 2 aromatic carbocycles. The van der Waals surface area contributed by atoms with Gasteiger partial charge in [0.2, 0.25) is 0 Å². The van der Waals surface area contributed by atoms with Crippen LogP contribution in [0.2, 0.25) is 0 Å². The topological polar surface area (TPSA) is 35.2 Å². The molecule has 0 spiro atoms. The monoisotopic (exact) mass is 397 g/mol. The van der Waals surface area contributed by atoms with Crippen molar-refractivity contribution in [1.29, 1.82) is 0 Å². The van der Waals surface area contributed by atoms with Crippen LogP contribution in [0.25, 0.3) is 0 Å². The van der Waals surface area contributed by atoms with Gasteiger partial charge in [-0.15, -0.1) is 0 Å². The van der Waals surface area contributed by atoms with E-state index in [9.17, 15) is 0 Å². The van der Waals surface area contributed by atoms with E-state index in [0.29, 0.717) is 0 Å². The molecule has 0 fully saturated rings. The first-order valence-electron chi connectivity index (χ1n) is 6.40. The molecule has 0 aliphatic heterocycles. The van der Waals surface area contributed by atoms with E-state index < -0.39 is 0 Å². The minimum atomic E-state index is -0.140. The fraction of sp³-hybridized carbons (Fsp3) is 0.250. The van der Waals surface area contributed by atoms with Crippen molar-refractivity contribution in [3.63, 3.8) is 0 Å². The Kier molecular flexibility index (Phi) is 5.78. The third-order valence-corrected chi connectivity index (χ3v) is 4.44. The molecule has 20 heavy (non-hydrogen) atoms. The normalized spacial score (nSPS) is 12.4. The summed E-state index contributed by atoms with van der Waals surface area (Å²) in [5.41, 5.74) is 9.80. The van der Waals surface area contributed by atoms with Crippen LogP contribution in [0.3, 0.4) is 0 Å². The number of benzene rings is 2. The first-order chi connectivity index (χ1) is 9.61. The van der Waals surface area contributed by atoms with Gasteiger partial charge in [-0.05, 0) is 41.3 Å². The Bertz CT molecular complexity index is 569. The Labute approximate surface area is 136 Å². The zero-order chi connectivity index (χ0) is 14.5. The van der Waals surface area contributed by atoms with Crippen LogP contribution in [0.15, 0.2) is 51.4 Å². The molecule has 2 nitrogen and oxygen atoms in total. The summed E-state index contributed by atoms with van der Waals surface area (Å²) < 4.78 is 7.14. The molecule has 106 valence electrons. The van der Waals surface area contributed by atoms with Gasteiger partial charge in [-0.1, -0.05) is 56.1 Å². The molecule has 0 aliphatic rings. The van der Waals surface area contributed by atoms with Crippen molar-refractivity contribution in [3.05, 3.63) is 68.1 Å². The van der Waals surface area contributed by atoms with E-state index in [1.165, 1.54) is 5.56 Å². The molecule has 2 N–H and O–H groups in total. The number of hydrogen-bond donors (Lipinski definition) is 1. The molecule has 0 amide bonds. The number of hydrogen-bond acceptors (Lipinski definition) is 2. The SMILES string of the molecule is COCCc1ccc(C(N)c2cc(Br)ccc2Br)cc1. The minimum Gasteiger partial charge on any atom is -0.384 e. The maximum Gasteiger partial charge on any atom is 0.0563 e. The van der Waals surface area contributed by atoms with Crippen molar-refractivity contribution in [3.8, 4) is 0 Å². The average molecular weight is 399 g/mol. The van der Waals surface area contributed by atoms with Gasteiger partial charge in [-0.3, -0.25) is 0 Å². The van der Waals surface area contributed by atoms with Gasteiger partial charge >= 0.3 is 0 Å². The summed E-state index contributed by atoms with van der Waals surface area (Å²) in [4.78, 5) is 0. The summed E-state index contributed by atoms with van der Waals surface area (Å²) in [6.07, 6.45) is 0.923. The van der Waals surface area contributed by atoms with Crippen molar-refractivity contribution in [2.75, 3.05) is 13.7 Å². The van der Waals surface area contributed by atoms with Crippen LogP contribution in [0.4, 0.5) is 0 Å². The van der Waals surface area contributed by atoms with E-state index in [4.69, 9.17) is 10.5 Å². The molecular formula is C16H17Br2NO. The molecule has 0 saturated heterocycles. The number of rotatable bonds is 5. The first kappa shape index (κ1) is 15.7. The lowest BCUT2D eigenvalue weighted by Gasteiger charge is -2.15. The lowest BCUT2D eigenvalue weighted by molar-refractivity contribution is 0.202. The second-order valence-corrected chi connectivity index (χ2v) is 6.40. The van der Waals surface area contributed by atoms with E-state index in [-0.39, 0.29) is 6.04 Å². The Morgan fingerprint density at radius 1 is 1.10 bits per heavy atom. The highest BCUT2D eigenvalue weighted by Crippen LogP contribution is 2.29. The largest absolute Gasteiger partial charge is 0.384 e. The van der Waals surface area contributed by atoms with Gasteiger partial charge in [-0.25, -0.2) is 0 Å². The highest BCUT2D eigenvalue weighted by Gasteiger charge is 2.12. The van der Waals surface area contributed by atoms with Crippen molar-refractivity contribution in [2.45, 2.75) is 12.5 Å². The van der Waals surface area contributed by atoms with Crippen molar-refractivity contribution < 1.29 is 4.74 Å². The molecule has 0 aromatic heterocycles. The van der Waals surface area contributed by atoms with E-state index in [1.807, 2.05) is 18.2 Å². The Balaban J connectivity index is 2.20. The third kappa shape index (κ3) is 3.92. The molecule has 2 rings (SSSR count). The predicted octanol–water partition coefficient (Wildman–Crippen LogP) is 4.45. The highest BCUT2D eigenvalue weighted by atomic mass is 79.9. The van der Waals surface area contributed by atoms with Crippen molar-refractivity contribution in [2.24, 2.45) is 5.73 Å². The summed E-state index contributed by atoms with van der Waals surface area (Å²) in [6, 6.07) is 14.3. The predicted molar refractivity (Wildman–Crippen MR) is 89.9 cm³/mol. The lowest BCUT2D eigenvalue weighted by Crippen LogP contribution is -2.12. The smallest absolute Gasteiger partial charge is 0.0563 e. The van der Waals surface area contributed by atoms with E-state index in [0.717, 1.165) is 33.1 Å². The summed E-state index contributed by atoms with van der Waals surface area (Å²) in [7, 11) is 1.72. The molecular weight excluding hydrogens is 382 g/mol. The van der Waals surface area contributed by atoms with E-state index >= 15 is 0 Å². The first-order valence-corrected chi connectivity index (χ1v) is 7.98. The van der Waals surface area contributed by atoms with Gasteiger partial charge in [0.1, 0.15) is 0 Å². The molecule has 0 saturated carbocycles. The summed E-state index contributed by atoms with van der Waals surface area (Å²) in [5.74, 6) is 0. The van der Waals surface area contributed by atoms with Crippen LogP contribution in [0.1, 0.15) is 22.7 Å². The zero-order valence-electron chi connectivity index (χ0n) is 11.3. The molecule has 0 aliphatic carbocycles. The maximum absolute atomic E-state index is 6.36. The fourth-order valence-corrected chi connectivity index (χ4v) is 2.92. The lowest BCUT2D eigenvalue weighted by atomic mass is 9.98. The summed E-state index contributed by atoms with van der Waals surface area (Å²) in [6.45, 7) is 0.739. The van der Waals surface area contributed by atoms with Crippen LogP contribution in [0.5, 0.6) is 0 Å². The van der Waals surface area contributed by atoms with Gasteiger partial charge in [0.25, 0.3) is 0 Å². The Morgan fingerprint density at radius 3 is 2.45 bits per heavy atom. The molecule has 2 aromatic rings. The minimum absolute atomic E-state index is 0.140. The third-order valence-electron chi connectivity index (χ3n) is 3.23. The molecule has 1 atom stereocenters. The molecule has 1 unspecified atom stereocenters. The molecule has 0 radical (unpaired) electrons. The number of halogens is 2. The second kappa shape index (κ2) is 7.36. The number of nitrogens with two attached hydrogens (primary N) is 1. The van der Waals surface area contributed by atoms with Crippen LogP contribution in [-0.4, -0.2) is 13.7 Å². The van der Waals surface area contributed by atoms with Gasteiger partial charge in [-0.2, -0.15) is 0 Å². The fourth-order valence-electron chi connectivity index (χ4n) is 2.04. The maximum atomic E-state index is 6.36. The quantitative estimate of drug-likeness (QED) is 0.807.